The zero-order valence-corrected chi connectivity index (χ0v) is 30.7. The first-order valence-corrected chi connectivity index (χ1v) is 18.7. The van der Waals surface area contributed by atoms with Crippen LogP contribution in [0.1, 0.15) is 44.1 Å². The number of hydrogen-bond acceptors (Lipinski definition) is 10. The van der Waals surface area contributed by atoms with E-state index in [0.29, 0.717) is 55.0 Å². The van der Waals surface area contributed by atoms with Gasteiger partial charge in [-0.15, -0.1) is 0 Å². The Morgan fingerprint density at radius 2 is 1.71 bits per heavy atom. The van der Waals surface area contributed by atoms with E-state index in [1.165, 1.54) is 19.3 Å². The summed E-state index contributed by atoms with van der Waals surface area (Å²) in [5.41, 5.74) is 3.38. The maximum atomic E-state index is 13.5. The van der Waals surface area contributed by atoms with Crippen LogP contribution in [0.5, 0.6) is 5.88 Å². The molecule has 3 aromatic heterocycles. The molecule has 5 fully saturated rings. The fourth-order valence-corrected chi connectivity index (χ4v) is 9.43. The number of methoxy groups -OCH3 is 1. The van der Waals surface area contributed by atoms with E-state index < -0.39 is 0 Å². The zero-order chi connectivity index (χ0) is 36.0. The molecule has 0 atom stereocenters. The van der Waals surface area contributed by atoms with E-state index >= 15 is 0 Å². The van der Waals surface area contributed by atoms with Crippen molar-refractivity contribution in [1.29, 1.82) is 0 Å². The molecule has 5 aliphatic rings. The Labute approximate surface area is 304 Å². The summed E-state index contributed by atoms with van der Waals surface area (Å²) in [6, 6.07) is 13.4. The van der Waals surface area contributed by atoms with Crippen LogP contribution in [0.25, 0.3) is 16.7 Å². The summed E-state index contributed by atoms with van der Waals surface area (Å²) in [4.78, 5) is 47.4. The van der Waals surface area contributed by atoms with Crippen LogP contribution in [0.3, 0.4) is 0 Å². The summed E-state index contributed by atoms with van der Waals surface area (Å²) in [5, 5.41) is 11.0. The Balaban J connectivity index is 0.960. The molecule has 13 heteroatoms. The monoisotopic (exact) mass is 706 g/mol. The molecule has 1 aromatic carbocycles. The molecule has 0 radical (unpaired) electrons. The lowest BCUT2D eigenvalue weighted by atomic mass is 9.53. The maximum Gasteiger partial charge on any atom is 0.317 e. The van der Waals surface area contributed by atoms with Gasteiger partial charge in [-0.3, -0.25) is 9.36 Å². The molecule has 0 unspecified atom stereocenters. The Kier molecular flexibility index (Phi) is 9.14. The minimum absolute atomic E-state index is 0.0139. The summed E-state index contributed by atoms with van der Waals surface area (Å²) in [7, 11) is 5.66. The molecular weight excluding hydrogens is 656 g/mol. The van der Waals surface area contributed by atoms with Gasteiger partial charge in [-0.05, 0) is 113 Å². The molecule has 52 heavy (non-hydrogen) atoms. The summed E-state index contributed by atoms with van der Waals surface area (Å²) in [6.45, 7) is 6.22. The van der Waals surface area contributed by atoms with E-state index in [2.05, 4.69) is 30.7 Å². The SMILES string of the molecule is COc1nc(N2CCN(C(=O)NC34CC5CC(CC(C5)C3)C4)CC2)ccc1Nc1ncc2c(C)cc(=O)n(-c3cccc(NCCN(C)C)c3)c2n1. The minimum atomic E-state index is -0.172. The molecule has 3 N–H and O–H groups in total. The van der Waals surface area contributed by atoms with Gasteiger partial charge in [-0.25, -0.2) is 9.78 Å². The molecule has 4 aliphatic carbocycles. The van der Waals surface area contributed by atoms with Crippen molar-refractivity contribution in [2.45, 2.75) is 51.0 Å². The van der Waals surface area contributed by atoms with E-state index in [1.54, 1.807) is 23.9 Å². The first kappa shape index (κ1) is 34.2. The number of benzene rings is 1. The van der Waals surface area contributed by atoms with Gasteiger partial charge in [-0.2, -0.15) is 9.97 Å². The number of aryl methyl sites for hydroxylation is 1. The average Bonchev–Trinajstić information content (AvgIpc) is 3.11. The number of ether oxygens (including phenoxy) is 1. The number of piperazine rings is 1. The van der Waals surface area contributed by atoms with Crippen molar-refractivity contribution >= 4 is 40.2 Å². The number of carbonyl (C=O) groups is 1. The number of urea groups is 1. The van der Waals surface area contributed by atoms with Crippen molar-refractivity contribution in [2.24, 2.45) is 17.8 Å². The van der Waals surface area contributed by atoms with Crippen LogP contribution in [0.2, 0.25) is 0 Å². The van der Waals surface area contributed by atoms with Crippen molar-refractivity contribution in [3.63, 3.8) is 0 Å². The molecule has 1 saturated heterocycles. The quantitative estimate of drug-likeness (QED) is 0.207. The summed E-state index contributed by atoms with van der Waals surface area (Å²) < 4.78 is 7.35. The lowest BCUT2D eigenvalue weighted by Crippen LogP contribution is -2.63. The van der Waals surface area contributed by atoms with Crippen molar-refractivity contribution < 1.29 is 9.53 Å². The van der Waals surface area contributed by atoms with Crippen LogP contribution < -0.4 is 31.1 Å². The maximum absolute atomic E-state index is 13.5. The fraction of sp³-hybridized carbons (Fsp3) is 0.513. The van der Waals surface area contributed by atoms with Crippen LogP contribution in [0.15, 0.2) is 53.5 Å². The van der Waals surface area contributed by atoms with Gasteiger partial charge in [0.1, 0.15) is 11.5 Å². The number of aromatic nitrogens is 4. The predicted octanol–water partition coefficient (Wildman–Crippen LogP) is 5.01. The standard InChI is InChI=1S/C39H50N10O3/c1-25-16-34(50)49(30-7-5-6-29(20-30)40-10-11-46(2)3)35-31(25)24-41-37(44-35)42-32-8-9-33(43-36(32)52-4)47-12-14-48(15-13-47)38(51)45-39-21-26-17-27(22-39)19-28(18-26)23-39/h5-9,16,20,24,26-28,40H,10-15,17-19,21-23H2,1-4H3,(H,45,51)(H,41,42,44). The van der Waals surface area contributed by atoms with Gasteiger partial charge in [0, 0.05) is 68.1 Å². The van der Waals surface area contributed by atoms with Gasteiger partial charge in [-0.1, -0.05) is 6.07 Å². The summed E-state index contributed by atoms with van der Waals surface area (Å²) >= 11 is 0. The lowest BCUT2D eigenvalue weighted by molar-refractivity contribution is -0.0157. The van der Waals surface area contributed by atoms with Crippen LogP contribution in [0, 0.1) is 24.7 Å². The van der Waals surface area contributed by atoms with Gasteiger partial charge in [0.15, 0.2) is 5.65 Å². The molecule has 274 valence electrons. The molecule has 4 aromatic rings. The number of nitrogens with zero attached hydrogens (tertiary/aromatic N) is 7. The third kappa shape index (κ3) is 6.85. The largest absolute Gasteiger partial charge is 0.479 e. The lowest BCUT2D eigenvalue weighted by Gasteiger charge is -2.57. The number of anilines is 4. The van der Waals surface area contributed by atoms with E-state index in [0.717, 1.165) is 72.6 Å². The Hall–Kier alpha value is -4.91. The Bertz CT molecular complexity index is 1990. The summed E-state index contributed by atoms with van der Waals surface area (Å²) in [5.74, 6) is 3.89. The minimum Gasteiger partial charge on any atom is -0.479 e. The highest BCUT2D eigenvalue weighted by Gasteiger charge is 2.52. The highest BCUT2D eigenvalue weighted by Crippen LogP contribution is 2.55. The predicted molar refractivity (Wildman–Crippen MR) is 204 cm³/mol. The molecule has 9 rings (SSSR count). The number of likely N-dealkylation sites (N-methyl/N-ethyl adjacent to an activating group) is 1. The molecule has 2 amide bonds. The Morgan fingerprint density at radius 3 is 2.40 bits per heavy atom. The second kappa shape index (κ2) is 13.9. The normalized spacial score (nSPS) is 23.7. The number of fused-ring (bicyclic) bond motifs is 1. The van der Waals surface area contributed by atoms with Gasteiger partial charge in [0.25, 0.3) is 5.56 Å². The van der Waals surface area contributed by atoms with Crippen molar-refractivity contribution in [1.82, 2.24) is 34.6 Å². The highest BCUT2D eigenvalue weighted by atomic mass is 16.5. The molecular formula is C39H50N10O3. The number of hydrogen-bond donors (Lipinski definition) is 3. The van der Waals surface area contributed by atoms with Crippen LogP contribution in [-0.2, 0) is 0 Å². The van der Waals surface area contributed by atoms with Crippen LogP contribution in [-0.4, -0.2) is 101 Å². The second-order valence-corrected chi connectivity index (χ2v) is 15.7. The summed E-state index contributed by atoms with van der Waals surface area (Å²) in [6.07, 6.45) is 9.29. The first-order chi connectivity index (χ1) is 25.1. The van der Waals surface area contributed by atoms with E-state index in [4.69, 9.17) is 14.7 Å². The fourth-order valence-electron chi connectivity index (χ4n) is 9.43. The van der Waals surface area contributed by atoms with Crippen molar-refractivity contribution in [3.05, 3.63) is 64.6 Å². The number of amides is 2. The van der Waals surface area contributed by atoms with Crippen LogP contribution >= 0.6 is 0 Å². The number of carbonyl (C=O) groups excluding carboxylic acids is 1. The zero-order valence-electron chi connectivity index (χ0n) is 30.7. The number of nitrogens with one attached hydrogen (secondary N) is 3. The third-order valence-electron chi connectivity index (χ3n) is 11.5. The molecule has 4 heterocycles. The molecule has 13 nitrogen and oxygen atoms in total. The average molecular weight is 707 g/mol. The molecule has 4 saturated carbocycles. The van der Waals surface area contributed by atoms with Crippen molar-refractivity contribution in [3.8, 4) is 11.6 Å². The molecule has 0 spiro atoms. The number of rotatable bonds is 10. The van der Waals surface area contributed by atoms with Gasteiger partial charge < -0.3 is 35.4 Å². The van der Waals surface area contributed by atoms with Crippen LogP contribution in [0.4, 0.5) is 27.9 Å². The van der Waals surface area contributed by atoms with Gasteiger partial charge >= 0.3 is 6.03 Å². The molecule has 1 aliphatic heterocycles. The van der Waals surface area contributed by atoms with E-state index in [-0.39, 0.29) is 17.1 Å². The second-order valence-electron chi connectivity index (χ2n) is 15.7. The Morgan fingerprint density at radius 1 is 0.981 bits per heavy atom. The first-order valence-electron chi connectivity index (χ1n) is 18.7. The van der Waals surface area contributed by atoms with E-state index in [1.807, 2.05) is 62.3 Å². The smallest absolute Gasteiger partial charge is 0.317 e. The van der Waals surface area contributed by atoms with E-state index in [9.17, 15) is 9.59 Å². The molecule has 4 bridgehead atoms. The van der Waals surface area contributed by atoms with Crippen molar-refractivity contribution in [2.75, 3.05) is 76.0 Å². The number of pyridine rings is 2. The van der Waals surface area contributed by atoms with Gasteiger partial charge in [0.05, 0.1) is 12.8 Å². The third-order valence-corrected chi connectivity index (χ3v) is 11.5. The highest BCUT2D eigenvalue weighted by molar-refractivity contribution is 5.81. The van der Waals surface area contributed by atoms with Gasteiger partial charge in [0.2, 0.25) is 11.8 Å². The topological polar surface area (TPSA) is 133 Å².